The Balaban J connectivity index is 2.94. The zero-order valence-corrected chi connectivity index (χ0v) is 12.4. The van der Waals surface area contributed by atoms with Crippen LogP contribution >= 0.6 is 15.9 Å². The Kier molecular flexibility index (Phi) is 6.18. The summed E-state index contributed by atoms with van der Waals surface area (Å²) in [4.78, 5) is 0. The molecule has 0 aliphatic rings. The van der Waals surface area contributed by atoms with E-state index in [1.807, 2.05) is 20.8 Å². The topological polar surface area (TPSA) is 21.3 Å². The second-order valence-electron chi connectivity index (χ2n) is 4.26. The molecule has 0 fully saturated rings. The van der Waals surface area contributed by atoms with E-state index < -0.39 is 11.6 Å². The highest BCUT2D eigenvalue weighted by Crippen LogP contribution is 2.28. The summed E-state index contributed by atoms with van der Waals surface area (Å²) in [6, 6.07) is 2.54. The zero-order chi connectivity index (χ0) is 13.7. The fourth-order valence-electron chi connectivity index (χ4n) is 1.60. The summed E-state index contributed by atoms with van der Waals surface area (Å²) in [6.07, 6.45) is 0.0928. The van der Waals surface area contributed by atoms with Crippen molar-refractivity contribution in [2.75, 3.05) is 13.2 Å². The van der Waals surface area contributed by atoms with E-state index in [2.05, 4.69) is 21.2 Å². The lowest BCUT2D eigenvalue weighted by molar-refractivity contribution is 0.0612. The molecule has 1 N–H and O–H groups in total. The minimum atomic E-state index is -0.861. The smallest absolute Gasteiger partial charge is 0.173 e. The van der Waals surface area contributed by atoms with Gasteiger partial charge in [-0.1, -0.05) is 13.0 Å². The SMILES string of the molecule is CCNC(COC(C)C)c1ccc(F)c(F)c1Br. The van der Waals surface area contributed by atoms with Gasteiger partial charge in [-0.15, -0.1) is 0 Å². The predicted octanol–water partition coefficient (Wildman–Crippen LogP) is 3.80. The van der Waals surface area contributed by atoms with E-state index in [0.29, 0.717) is 12.2 Å². The van der Waals surface area contributed by atoms with Crippen LogP contribution in [0, 0.1) is 11.6 Å². The molecule has 0 aliphatic heterocycles. The number of likely N-dealkylation sites (N-methyl/N-ethyl adjacent to an activating group) is 1. The molecule has 0 saturated carbocycles. The van der Waals surface area contributed by atoms with Gasteiger partial charge in [0, 0.05) is 0 Å². The molecule has 0 aromatic heterocycles. The molecule has 0 heterocycles. The van der Waals surface area contributed by atoms with Gasteiger partial charge in [0.1, 0.15) is 0 Å². The average molecular weight is 322 g/mol. The van der Waals surface area contributed by atoms with Crippen molar-refractivity contribution in [3.63, 3.8) is 0 Å². The summed E-state index contributed by atoms with van der Waals surface area (Å²) in [5, 5.41) is 3.20. The summed E-state index contributed by atoms with van der Waals surface area (Å²) in [5.41, 5.74) is 0.663. The van der Waals surface area contributed by atoms with Crippen LogP contribution in [0.1, 0.15) is 32.4 Å². The van der Waals surface area contributed by atoms with Crippen molar-refractivity contribution < 1.29 is 13.5 Å². The van der Waals surface area contributed by atoms with Crippen LogP contribution in [0.25, 0.3) is 0 Å². The molecule has 1 unspecified atom stereocenters. The van der Waals surface area contributed by atoms with E-state index in [4.69, 9.17) is 4.74 Å². The number of nitrogens with one attached hydrogen (secondary N) is 1. The maximum absolute atomic E-state index is 13.5. The molecule has 102 valence electrons. The fourth-order valence-corrected chi connectivity index (χ4v) is 2.20. The summed E-state index contributed by atoms with van der Waals surface area (Å²) >= 11 is 3.10. The van der Waals surface area contributed by atoms with Gasteiger partial charge >= 0.3 is 0 Å². The van der Waals surface area contributed by atoms with Gasteiger partial charge in [-0.2, -0.15) is 0 Å². The molecule has 0 saturated heterocycles. The Morgan fingerprint density at radius 1 is 1.33 bits per heavy atom. The standard InChI is InChI=1S/C13H18BrF2NO/c1-4-17-11(7-18-8(2)3)9-5-6-10(15)13(16)12(9)14/h5-6,8,11,17H,4,7H2,1-3H3. The van der Waals surface area contributed by atoms with Crippen LogP contribution in [-0.2, 0) is 4.74 Å². The number of rotatable bonds is 6. The van der Waals surface area contributed by atoms with Crippen molar-refractivity contribution >= 4 is 15.9 Å². The van der Waals surface area contributed by atoms with Crippen LogP contribution in [0.4, 0.5) is 8.78 Å². The van der Waals surface area contributed by atoms with Crippen molar-refractivity contribution in [2.45, 2.75) is 32.9 Å². The summed E-state index contributed by atoms with van der Waals surface area (Å²) in [7, 11) is 0. The molecule has 1 aromatic rings. The first-order valence-electron chi connectivity index (χ1n) is 5.95. The van der Waals surface area contributed by atoms with Gasteiger partial charge in [-0.25, -0.2) is 8.78 Å². The summed E-state index contributed by atoms with van der Waals surface area (Å²) in [5.74, 6) is -1.72. The number of hydrogen-bond donors (Lipinski definition) is 1. The minimum Gasteiger partial charge on any atom is -0.377 e. The summed E-state index contributed by atoms with van der Waals surface area (Å²) in [6.45, 7) is 6.95. The predicted molar refractivity (Wildman–Crippen MR) is 71.6 cm³/mol. The van der Waals surface area contributed by atoms with Crippen LogP contribution in [0.15, 0.2) is 16.6 Å². The van der Waals surface area contributed by atoms with Gasteiger partial charge in [0.25, 0.3) is 0 Å². The first-order valence-corrected chi connectivity index (χ1v) is 6.75. The van der Waals surface area contributed by atoms with E-state index in [-0.39, 0.29) is 16.6 Å². The van der Waals surface area contributed by atoms with E-state index in [1.165, 1.54) is 0 Å². The third-order valence-electron chi connectivity index (χ3n) is 2.49. The monoisotopic (exact) mass is 321 g/mol. The van der Waals surface area contributed by atoms with Crippen molar-refractivity contribution in [1.29, 1.82) is 0 Å². The Morgan fingerprint density at radius 2 is 2.00 bits per heavy atom. The van der Waals surface area contributed by atoms with Crippen molar-refractivity contribution in [3.8, 4) is 0 Å². The maximum atomic E-state index is 13.5. The Labute approximate surface area is 115 Å². The van der Waals surface area contributed by atoms with Crippen LogP contribution in [0.2, 0.25) is 0 Å². The van der Waals surface area contributed by atoms with E-state index in [1.54, 1.807) is 6.07 Å². The Morgan fingerprint density at radius 3 is 2.56 bits per heavy atom. The highest BCUT2D eigenvalue weighted by atomic mass is 79.9. The lowest BCUT2D eigenvalue weighted by Crippen LogP contribution is -2.27. The highest BCUT2D eigenvalue weighted by molar-refractivity contribution is 9.10. The molecule has 0 bridgehead atoms. The van der Waals surface area contributed by atoms with Crippen LogP contribution in [0.5, 0.6) is 0 Å². The highest BCUT2D eigenvalue weighted by Gasteiger charge is 2.19. The molecular formula is C13H18BrF2NO. The first-order chi connectivity index (χ1) is 8.47. The van der Waals surface area contributed by atoms with Gasteiger partial charge in [0.05, 0.1) is 23.2 Å². The zero-order valence-electron chi connectivity index (χ0n) is 10.8. The van der Waals surface area contributed by atoms with Crippen molar-refractivity contribution in [2.24, 2.45) is 0 Å². The first kappa shape index (κ1) is 15.5. The minimum absolute atomic E-state index is 0.0928. The number of hydrogen-bond acceptors (Lipinski definition) is 2. The van der Waals surface area contributed by atoms with Crippen LogP contribution in [0.3, 0.4) is 0 Å². The van der Waals surface area contributed by atoms with Crippen molar-refractivity contribution in [3.05, 3.63) is 33.8 Å². The number of halogens is 3. The number of benzene rings is 1. The van der Waals surface area contributed by atoms with E-state index in [0.717, 1.165) is 12.6 Å². The molecule has 0 radical (unpaired) electrons. The molecule has 5 heteroatoms. The molecule has 2 nitrogen and oxygen atoms in total. The van der Waals surface area contributed by atoms with Gasteiger partial charge in [-0.3, -0.25) is 0 Å². The van der Waals surface area contributed by atoms with E-state index >= 15 is 0 Å². The number of ether oxygens (including phenoxy) is 1. The normalized spacial score (nSPS) is 13.1. The fraction of sp³-hybridized carbons (Fsp3) is 0.538. The van der Waals surface area contributed by atoms with Gasteiger partial charge < -0.3 is 10.1 Å². The largest absolute Gasteiger partial charge is 0.377 e. The Hall–Kier alpha value is -0.520. The van der Waals surface area contributed by atoms with Gasteiger partial charge in [0.15, 0.2) is 11.6 Å². The Bertz CT molecular complexity index is 399. The second kappa shape index (κ2) is 7.16. The van der Waals surface area contributed by atoms with Gasteiger partial charge in [-0.05, 0) is 48.0 Å². The van der Waals surface area contributed by atoms with Crippen LogP contribution < -0.4 is 5.32 Å². The molecule has 1 atom stereocenters. The van der Waals surface area contributed by atoms with Gasteiger partial charge in [0.2, 0.25) is 0 Å². The van der Waals surface area contributed by atoms with Crippen LogP contribution in [-0.4, -0.2) is 19.3 Å². The molecule has 0 amide bonds. The molecule has 1 rings (SSSR count). The van der Waals surface area contributed by atoms with E-state index in [9.17, 15) is 8.78 Å². The van der Waals surface area contributed by atoms with Crippen molar-refractivity contribution in [1.82, 2.24) is 5.32 Å². The molecule has 0 aliphatic carbocycles. The molecule has 1 aromatic carbocycles. The third kappa shape index (κ3) is 4.00. The molecule has 0 spiro atoms. The second-order valence-corrected chi connectivity index (χ2v) is 5.05. The average Bonchev–Trinajstić information content (AvgIpc) is 2.32. The lowest BCUT2D eigenvalue weighted by atomic mass is 10.1. The molecule has 18 heavy (non-hydrogen) atoms. The maximum Gasteiger partial charge on any atom is 0.173 e. The molecular weight excluding hydrogens is 304 g/mol. The lowest BCUT2D eigenvalue weighted by Gasteiger charge is -2.21. The quantitative estimate of drug-likeness (QED) is 0.805. The third-order valence-corrected chi connectivity index (χ3v) is 3.29. The summed E-state index contributed by atoms with van der Waals surface area (Å²) < 4.78 is 32.3.